The molecule has 1 fully saturated rings. The van der Waals surface area contributed by atoms with Crippen molar-refractivity contribution in [1.82, 2.24) is 5.43 Å². The summed E-state index contributed by atoms with van der Waals surface area (Å²) in [5, 5.41) is 0. The third kappa shape index (κ3) is 3.19. The molecular weight excluding hydrogens is 200 g/mol. The number of hydrogen-bond acceptors (Lipinski definition) is 3. The lowest BCUT2D eigenvalue weighted by atomic mass is 9.85. The van der Waals surface area contributed by atoms with Crippen LogP contribution in [0.4, 0.5) is 0 Å². The third-order valence-corrected chi connectivity index (χ3v) is 4.05. The second-order valence-electron chi connectivity index (χ2n) is 5.17. The van der Waals surface area contributed by atoms with Crippen molar-refractivity contribution in [3.63, 3.8) is 0 Å². The molecule has 1 aliphatic rings. The summed E-state index contributed by atoms with van der Waals surface area (Å²) in [5.74, 6) is 6.45. The van der Waals surface area contributed by atoms with E-state index in [1.54, 1.807) is 0 Å². The molecule has 2 atom stereocenters. The Morgan fingerprint density at radius 1 is 1.31 bits per heavy atom. The Labute approximate surface area is 100 Å². The molecule has 3 nitrogen and oxygen atoms in total. The average Bonchev–Trinajstić information content (AvgIpc) is 2.75. The zero-order valence-electron chi connectivity index (χ0n) is 11.1. The van der Waals surface area contributed by atoms with Gasteiger partial charge in [-0.3, -0.25) is 11.3 Å². The molecule has 0 saturated heterocycles. The second kappa shape index (κ2) is 6.58. The van der Waals surface area contributed by atoms with E-state index >= 15 is 0 Å². The molecule has 1 aliphatic carbocycles. The van der Waals surface area contributed by atoms with Crippen molar-refractivity contribution in [2.75, 3.05) is 6.61 Å². The van der Waals surface area contributed by atoms with E-state index < -0.39 is 0 Å². The van der Waals surface area contributed by atoms with Crippen LogP contribution in [0.15, 0.2) is 0 Å². The van der Waals surface area contributed by atoms with Crippen LogP contribution in [0.1, 0.15) is 59.3 Å². The van der Waals surface area contributed by atoms with Gasteiger partial charge in [-0.1, -0.05) is 33.1 Å². The Balaban J connectivity index is 2.65. The van der Waals surface area contributed by atoms with Crippen molar-refractivity contribution in [2.24, 2.45) is 11.8 Å². The zero-order valence-corrected chi connectivity index (χ0v) is 11.1. The van der Waals surface area contributed by atoms with E-state index in [9.17, 15) is 0 Å². The van der Waals surface area contributed by atoms with Gasteiger partial charge in [0.1, 0.15) is 0 Å². The normalized spacial score (nSPS) is 23.2. The number of rotatable bonds is 7. The van der Waals surface area contributed by atoms with Crippen LogP contribution in [0, 0.1) is 5.92 Å². The zero-order chi connectivity index (χ0) is 12.0. The molecule has 0 radical (unpaired) electrons. The van der Waals surface area contributed by atoms with Crippen LogP contribution < -0.4 is 11.3 Å². The lowest BCUT2D eigenvalue weighted by Crippen LogP contribution is -2.54. The highest BCUT2D eigenvalue weighted by atomic mass is 16.5. The van der Waals surface area contributed by atoms with Crippen LogP contribution >= 0.6 is 0 Å². The van der Waals surface area contributed by atoms with Crippen molar-refractivity contribution < 1.29 is 4.74 Å². The van der Waals surface area contributed by atoms with E-state index in [2.05, 4.69) is 26.2 Å². The molecule has 96 valence electrons. The number of hydrazine groups is 1. The molecule has 0 aromatic rings. The van der Waals surface area contributed by atoms with Gasteiger partial charge in [-0.2, -0.15) is 0 Å². The molecule has 3 heteroatoms. The lowest BCUT2D eigenvalue weighted by molar-refractivity contribution is -0.0662. The minimum atomic E-state index is 0.00687. The van der Waals surface area contributed by atoms with E-state index in [0.29, 0.717) is 12.0 Å². The van der Waals surface area contributed by atoms with Crippen molar-refractivity contribution in [1.29, 1.82) is 0 Å². The summed E-state index contributed by atoms with van der Waals surface area (Å²) < 4.78 is 6.05. The summed E-state index contributed by atoms with van der Waals surface area (Å²) in [5.41, 5.74) is 3.02. The summed E-state index contributed by atoms with van der Waals surface area (Å²) in [7, 11) is 0. The molecule has 0 aliphatic heterocycles. The molecule has 0 aromatic carbocycles. The SMILES string of the molecule is CCOC1(C(CC(C)CC)NN)CCCC1. The number of nitrogens with two attached hydrogens (primary N) is 1. The predicted molar refractivity (Wildman–Crippen MR) is 68.0 cm³/mol. The fourth-order valence-electron chi connectivity index (χ4n) is 2.86. The van der Waals surface area contributed by atoms with Gasteiger partial charge in [0.25, 0.3) is 0 Å². The Hall–Kier alpha value is -0.120. The Kier molecular flexibility index (Phi) is 5.73. The highest BCUT2D eigenvalue weighted by Crippen LogP contribution is 2.38. The van der Waals surface area contributed by atoms with Crippen molar-refractivity contribution in [3.8, 4) is 0 Å². The summed E-state index contributed by atoms with van der Waals surface area (Å²) in [6.07, 6.45) is 7.20. The maximum absolute atomic E-state index is 6.05. The quantitative estimate of drug-likeness (QED) is 0.520. The first-order chi connectivity index (χ1) is 7.68. The third-order valence-electron chi connectivity index (χ3n) is 4.05. The van der Waals surface area contributed by atoms with Gasteiger partial charge in [-0.25, -0.2) is 0 Å². The molecule has 2 unspecified atom stereocenters. The van der Waals surface area contributed by atoms with Gasteiger partial charge in [0.15, 0.2) is 0 Å². The summed E-state index contributed by atoms with van der Waals surface area (Å²) >= 11 is 0. The molecule has 0 bridgehead atoms. The molecule has 1 rings (SSSR count). The largest absolute Gasteiger partial charge is 0.374 e. The monoisotopic (exact) mass is 228 g/mol. The number of nitrogens with one attached hydrogen (secondary N) is 1. The van der Waals surface area contributed by atoms with E-state index in [1.807, 2.05) is 0 Å². The van der Waals surface area contributed by atoms with E-state index in [1.165, 1.54) is 19.3 Å². The standard InChI is InChI=1S/C13H28N2O/c1-4-11(3)10-12(15-14)13(16-5-2)8-6-7-9-13/h11-12,15H,4-10,14H2,1-3H3. The van der Waals surface area contributed by atoms with E-state index in [4.69, 9.17) is 10.6 Å². The maximum atomic E-state index is 6.05. The van der Waals surface area contributed by atoms with Gasteiger partial charge in [0.2, 0.25) is 0 Å². The van der Waals surface area contributed by atoms with Gasteiger partial charge in [0.05, 0.1) is 11.6 Å². The van der Waals surface area contributed by atoms with Gasteiger partial charge in [-0.05, 0) is 32.1 Å². The molecule has 3 N–H and O–H groups in total. The maximum Gasteiger partial charge on any atom is 0.0848 e. The van der Waals surface area contributed by atoms with Crippen LogP contribution in [-0.4, -0.2) is 18.2 Å². The van der Waals surface area contributed by atoms with E-state index in [-0.39, 0.29) is 5.60 Å². The number of hydrogen-bond donors (Lipinski definition) is 2. The lowest BCUT2D eigenvalue weighted by Gasteiger charge is -2.38. The first-order valence-corrected chi connectivity index (χ1v) is 6.78. The number of ether oxygens (including phenoxy) is 1. The van der Waals surface area contributed by atoms with Gasteiger partial charge in [0, 0.05) is 6.61 Å². The first kappa shape index (κ1) is 13.9. The Morgan fingerprint density at radius 3 is 2.38 bits per heavy atom. The smallest absolute Gasteiger partial charge is 0.0848 e. The highest BCUT2D eigenvalue weighted by Gasteiger charge is 2.41. The van der Waals surface area contributed by atoms with E-state index in [0.717, 1.165) is 25.9 Å². The fourth-order valence-corrected chi connectivity index (χ4v) is 2.86. The van der Waals surface area contributed by atoms with Gasteiger partial charge >= 0.3 is 0 Å². The predicted octanol–water partition coefficient (Wildman–Crippen LogP) is 2.60. The topological polar surface area (TPSA) is 47.3 Å². The molecule has 0 amide bonds. The van der Waals surface area contributed by atoms with Crippen LogP contribution in [0.3, 0.4) is 0 Å². The molecule has 1 saturated carbocycles. The van der Waals surface area contributed by atoms with Gasteiger partial charge in [-0.15, -0.1) is 0 Å². The average molecular weight is 228 g/mol. The van der Waals surface area contributed by atoms with Crippen molar-refractivity contribution in [2.45, 2.75) is 70.9 Å². The van der Waals surface area contributed by atoms with Crippen LogP contribution in [-0.2, 0) is 4.74 Å². The molecular formula is C13H28N2O. The molecule has 0 heterocycles. The van der Waals surface area contributed by atoms with Crippen molar-refractivity contribution >= 4 is 0 Å². The fraction of sp³-hybridized carbons (Fsp3) is 1.00. The van der Waals surface area contributed by atoms with Crippen LogP contribution in [0.5, 0.6) is 0 Å². The van der Waals surface area contributed by atoms with Crippen molar-refractivity contribution in [3.05, 3.63) is 0 Å². The van der Waals surface area contributed by atoms with Crippen LogP contribution in [0.25, 0.3) is 0 Å². The molecule has 16 heavy (non-hydrogen) atoms. The summed E-state index contributed by atoms with van der Waals surface area (Å²) in [6.45, 7) is 7.40. The summed E-state index contributed by atoms with van der Waals surface area (Å²) in [6, 6.07) is 0.310. The highest BCUT2D eigenvalue weighted by molar-refractivity contribution is 4.96. The minimum Gasteiger partial charge on any atom is -0.374 e. The van der Waals surface area contributed by atoms with Crippen LogP contribution in [0.2, 0.25) is 0 Å². The molecule has 0 aromatic heterocycles. The minimum absolute atomic E-state index is 0.00687. The van der Waals surface area contributed by atoms with Gasteiger partial charge < -0.3 is 4.74 Å². The summed E-state index contributed by atoms with van der Waals surface area (Å²) in [4.78, 5) is 0. The first-order valence-electron chi connectivity index (χ1n) is 6.78. The Bertz CT molecular complexity index is 190. The second-order valence-corrected chi connectivity index (χ2v) is 5.17. The molecule has 0 spiro atoms. The Morgan fingerprint density at radius 2 is 1.94 bits per heavy atom.